The molecule has 1 unspecified atom stereocenters. The third-order valence-corrected chi connectivity index (χ3v) is 2.94. The first-order valence-electron chi connectivity index (χ1n) is 4.12. The molecule has 0 N–H and O–H groups in total. The minimum atomic E-state index is 0. The monoisotopic (exact) mass is 182 g/mol. The number of halogens is 1. The highest BCUT2D eigenvalue weighted by atomic mass is 35.5. The second-order valence-corrected chi connectivity index (χ2v) is 3.96. The van der Waals surface area contributed by atoms with E-state index >= 15 is 0 Å². The fraction of sp³-hybridized carbons (Fsp3) is 1.00. The Balaban J connectivity index is 0. The average molecular weight is 183 g/mol. The molecular weight excluding hydrogens is 163 g/mol. The molecule has 0 radical (unpaired) electrons. The number of hydrogen-bond donors (Lipinski definition) is 0. The zero-order valence-electron chi connectivity index (χ0n) is 7.15. The first-order chi connectivity index (χ1) is 4.41. The van der Waals surface area contributed by atoms with Gasteiger partial charge >= 0.3 is 0 Å². The van der Waals surface area contributed by atoms with Crippen molar-refractivity contribution in [3.05, 3.63) is 0 Å². The highest BCUT2D eigenvalue weighted by molar-refractivity contribution is 7.37. The summed E-state index contributed by atoms with van der Waals surface area (Å²) in [4.78, 5) is 0. The first-order valence-corrected chi connectivity index (χ1v) is 5.54. The summed E-state index contributed by atoms with van der Waals surface area (Å²) in [5, 5.41) is 0. The van der Waals surface area contributed by atoms with Crippen molar-refractivity contribution in [2.75, 3.05) is 12.3 Å². The van der Waals surface area contributed by atoms with E-state index in [4.69, 9.17) is 0 Å². The Morgan fingerprint density at radius 1 is 0.900 bits per heavy atom. The van der Waals surface area contributed by atoms with Crippen molar-refractivity contribution in [2.45, 2.75) is 39.5 Å². The molecule has 0 aliphatic rings. The molecule has 1 atom stereocenters. The van der Waals surface area contributed by atoms with Gasteiger partial charge in [0.15, 0.2) is 0 Å². The van der Waals surface area contributed by atoms with Crippen LogP contribution in [0.2, 0.25) is 0 Å². The summed E-state index contributed by atoms with van der Waals surface area (Å²) in [5.74, 6) is 0. The third-order valence-electron chi connectivity index (χ3n) is 1.38. The average Bonchev–Trinajstić information content (AvgIpc) is 1.89. The lowest BCUT2D eigenvalue weighted by atomic mass is 10.3. The third kappa shape index (κ3) is 11.5. The Hall–Kier alpha value is 0.720. The predicted molar refractivity (Wildman–Crippen MR) is 55.1 cm³/mol. The molecule has 64 valence electrons. The van der Waals surface area contributed by atoms with Crippen molar-refractivity contribution in [3.63, 3.8) is 0 Å². The molecule has 0 fully saturated rings. The van der Waals surface area contributed by atoms with E-state index in [-0.39, 0.29) is 12.4 Å². The predicted octanol–water partition coefficient (Wildman–Crippen LogP) is 3.69. The van der Waals surface area contributed by atoms with Crippen LogP contribution in [0.1, 0.15) is 39.5 Å². The van der Waals surface area contributed by atoms with Crippen LogP contribution in [0.25, 0.3) is 0 Å². The lowest BCUT2D eigenvalue weighted by molar-refractivity contribution is 0.776. The highest BCUT2D eigenvalue weighted by Gasteiger charge is 1.85. The molecule has 0 amide bonds. The van der Waals surface area contributed by atoms with Gasteiger partial charge in [-0.2, -0.15) is 0 Å². The Morgan fingerprint density at radius 3 is 2.10 bits per heavy atom. The Morgan fingerprint density at radius 2 is 1.60 bits per heavy atom. The maximum absolute atomic E-state index is 2.27. The van der Waals surface area contributed by atoms with Gasteiger partial charge < -0.3 is 0 Å². The fourth-order valence-electron chi connectivity index (χ4n) is 0.802. The quantitative estimate of drug-likeness (QED) is 0.434. The summed E-state index contributed by atoms with van der Waals surface area (Å²) < 4.78 is 0. The van der Waals surface area contributed by atoms with Gasteiger partial charge in [0.1, 0.15) is 0 Å². The van der Waals surface area contributed by atoms with Crippen LogP contribution in [0, 0.1) is 0 Å². The molecule has 0 aromatic carbocycles. The van der Waals surface area contributed by atoms with E-state index in [0.29, 0.717) is 0 Å². The van der Waals surface area contributed by atoms with E-state index < -0.39 is 0 Å². The second-order valence-electron chi connectivity index (χ2n) is 2.46. The van der Waals surface area contributed by atoms with Crippen molar-refractivity contribution in [2.24, 2.45) is 0 Å². The van der Waals surface area contributed by atoms with Crippen molar-refractivity contribution in [1.29, 1.82) is 0 Å². The lowest BCUT2D eigenvalue weighted by Gasteiger charge is -1.96. The van der Waals surface area contributed by atoms with Crippen molar-refractivity contribution >= 4 is 21.0 Å². The van der Waals surface area contributed by atoms with Gasteiger partial charge in [0.25, 0.3) is 0 Å². The minimum absolute atomic E-state index is 0. The van der Waals surface area contributed by atoms with Gasteiger partial charge in [0.2, 0.25) is 0 Å². The van der Waals surface area contributed by atoms with Crippen LogP contribution in [-0.2, 0) is 0 Å². The Bertz CT molecular complexity index is 42.5. The van der Waals surface area contributed by atoms with E-state index in [1.807, 2.05) is 0 Å². The normalized spacial score (nSPS) is 10.2. The summed E-state index contributed by atoms with van der Waals surface area (Å²) in [6.07, 6.45) is 8.61. The maximum Gasteiger partial charge on any atom is -0.0353 e. The lowest BCUT2D eigenvalue weighted by Crippen LogP contribution is -1.78. The Labute approximate surface area is 73.4 Å². The molecule has 2 heteroatoms. The van der Waals surface area contributed by atoms with Crippen LogP contribution in [0.3, 0.4) is 0 Å². The van der Waals surface area contributed by atoms with Crippen molar-refractivity contribution in [1.82, 2.24) is 0 Å². The van der Waals surface area contributed by atoms with Crippen LogP contribution in [0.15, 0.2) is 0 Å². The maximum atomic E-state index is 2.27. The standard InChI is InChI=1S/C8H19P.ClH/c1-3-5-6-8-9-7-4-2;/h9H,3-8H2,1-2H3;1H. The van der Waals surface area contributed by atoms with Gasteiger partial charge in [-0.25, -0.2) is 0 Å². The van der Waals surface area contributed by atoms with E-state index in [2.05, 4.69) is 13.8 Å². The largest absolute Gasteiger partial charge is 0.147 e. The van der Waals surface area contributed by atoms with Gasteiger partial charge in [-0.05, 0) is 18.7 Å². The zero-order chi connectivity index (χ0) is 6.95. The SMILES string of the molecule is CCCCCPCCC.Cl. The van der Waals surface area contributed by atoms with Crippen molar-refractivity contribution in [3.8, 4) is 0 Å². The topological polar surface area (TPSA) is 0 Å². The molecular formula is C8H20ClP. The molecule has 0 nitrogen and oxygen atoms in total. The molecule has 0 rings (SSSR count). The molecule has 0 bridgehead atoms. The van der Waals surface area contributed by atoms with Crippen LogP contribution in [-0.4, -0.2) is 12.3 Å². The number of unbranched alkanes of at least 4 members (excludes halogenated alkanes) is 2. The second kappa shape index (κ2) is 12.4. The Kier molecular flexibility index (Phi) is 16.5. The molecule has 0 spiro atoms. The summed E-state index contributed by atoms with van der Waals surface area (Å²) in [6, 6.07) is 0. The molecule has 0 aliphatic carbocycles. The van der Waals surface area contributed by atoms with Crippen molar-refractivity contribution < 1.29 is 0 Å². The van der Waals surface area contributed by atoms with Gasteiger partial charge in [-0.3, -0.25) is 0 Å². The fourth-order valence-corrected chi connectivity index (χ4v) is 1.91. The van der Waals surface area contributed by atoms with Crippen LogP contribution in [0.5, 0.6) is 0 Å². The van der Waals surface area contributed by atoms with Crippen LogP contribution < -0.4 is 0 Å². The molecule has 0 aromatic heterocycles. The highest BCUT2D eigenvalue weighted by Crippen LogP contribution is 2.13. The van der Waals surface area contributed by atoms with Gasteiger partial charge in [-0.15, -0.1) is 21.0 Å². The first kappa shape index (κ1) is 13.3. The van der Waals surface area contributed by atoms with Crippen LogP contribution >= 0.6 is 21.0 Å². The van der Waals surface area contributed by atoms with E-state index in [1.165, 1.54) is 46.6 Å². The molecule has 0 saturated carbocycles. The van der Waals surface area contributed by atoms with E-state index in [9.17, 15) is 0 Å². The van der Waals surface area contributed by atoms with E-state index in [1.54, 1.807) is 0 Å². The molecule has 0 heterocycles. The summed E-state index contributed by atoms with van der Waals surface area (Å²) in [6.45, 7) is 4.54. The number of rotatable bonds is 6. The zero-order valence-corrected chi connectivity index (χ0v) is 8.97. The molecule has 0 aromatic rings. The van der Waals surface area contributed by atoms with Gasteiger partial charge in [0.05, 0.1) is 0 Å². The summed E-state index contributed by atoms with van der Waals surface area (Å²) >= 11 is 0. The number of hydrogen-bond acceptors (Lipinski definition) is 0. The molecule has 0 saturated heterocycles. The summed E-state index contributed by atoms with van der Waals surface area (Å²) in [5.41, 5.74) is 0. The van der Waals surface area contributed by atoms with E-state index in [0.717, 1.165) is 0 Å². The molecule has 0 aliphatic heterocycles. The molecule has 10 heavy (non-hydrogen) atoms. The minimum Gasteiger partial charge on any atom is -0.147 e. The summed E-state index contributed by atoms with van der Waals surface area (Å²) in [7, 11) is 1.24. The van der Waals surface area contributed by atoms with Gasteiger partial charge in [0, 0.05) is 0 Å². The smallest absolute Gasteiger partial charge is 0.0353 e. The van der Waals surface area contributed by atoms with Gasteiger partial charge in [-0.1, -0.05) is 33.1 Å². The van der Waals surface area contributed by atoms with Crippen LogP contribution in [0.4, 0.5) is 0 Å².